The Balaban J connectivity index is 1.93. The Hall–Kier alpha value is -2.14. The number of nitrogens with one attached hydrogen (secondary N) is 1. The van der Waals surface area contributed by atoms with Crippen LogP contribution in [0.25, 0.3) is 0 Å². The monoisotopic (exact) mass is 286 g/mol. The van der Waals surface area contributed by atoms with Crippen LogP contribution in [0.5, 0.6) is 0 Å². The highest BCUT2D eigenvalue weighted by molar-refractivity contribution is 5.81. The topological polar surface area (TPSA) is 72.9 Å². The summed E-state index contributed by atoms with van der Waals surface area (Å²) in [5.74, 6) is 0.0265. The van der Waals surface area contributed by atoms with Gasteiger partial charge in [-0.1, -0.05) is 38.1 Å². The molecule has 21 heavy (non-hydrogen) atoms. The van der Waals surface area contributed by atoms with Gasteiger partial charge in [-0.25, -0.2) is 0 Å². The molecule has 0 bridgehead atoms. The minimum absolute atomic E-state index is 0.109. The second kappa shape index (κ2) is 7.04. The lowest BCUT2D eigenvalue weighted by molar-refractivity contribution is -0.123. The van der Waals surface area contributed by atoms with Crippen LogP contribution >= 0.6 is 0 Å². The first-order chi connectivity index (χ1) is 10.1. The van der Waals surface area contributed by atoms with Crippen LogP contribution in [0.2, 0.25) is 0 Å². The predicted molar refractivity (Wildman–Crippen MR) is 82.4 cm³/mol. The quantitative estimate of drug-likeness (QED) is 0.846. The molecule has 5 heteroatoms. The molecular formula is C16H22N4O. The van der Waals surface area contributed by atoms with Crippen LogP contribution in [0, 0.1) is 5.92 Å². The molecule has 0 radical (unpaired) electrons. The molecule has 2 rings (SSSR count). The van der Waals surface area contributed by atoms with Crippen LogP contribution < -0.4 is 11.1 Å². The third-order valence-electron chi connectivity index (χ3n) is 3.38. The van der Waals surface area contributed by atoms with E-state index in [0.717, 1.165) is 17.7 Å². The first kappa shape index (κ1) is 15.3. The average Bonchev–Trinajstić information content (AvgIpc) is 2.97. The summed E-state index contributed by atoms with van der Waals surface area (Å²) >= 11 is 0. The molecule has 1 heterocycles. The second-order valence-corrected chi connectivity index (χ2v) is 5.51. The fourth-order valence-corrected chi connectivity index (χ4v) is 2.03. The third kappa shape index (κ3) is 4.43. The standard InChI is InChI=1S/C16H22N4O/c1-12(2)15(17)16(21)18-10-13-5-3-6-14(9-13)11-20-8-4-7-19-20/h3-9,12,15H,10-11,17H2,1-2H3,(H,18,21)/t15-/m0/s1. The zero-order valence-corrected chi connectivity index (χ0v) is 12.5. The van der Waals surface area contributed by atoms with Crippen LogP contribution in [-0.2, 0) is 17.9 Å². The Morgan fingerprint density at radius 2 is 2.10 bits per heavy atom. The normalized spacial score (nSPS) is 12.4. The molecule has 1 amide bonds. The molecule has 0 saturated heterocycles. The first-order valence-electron chi connectivity index (χ1n) is 7.15. The van der Waals surface area contributed by atoms with E-state index < -0.39 is 6.04 Å². The van der Waals surface area contributed by atoms with Crippen LogP contribution in [0.4, 0.5) is 0 Å². The number of carbonyl (C=O) groups excluding carboxylic acids is 1. The zero-order valence-electron chi connectivity index (χ0n) is 12.5. The van der Waals surface area contributed by atoms with Crippen LogP contribution in [0.1, 0.15) is 25.0 Å². The lowest BCUT2D eigenvalue weighted by Crippen LogP contribution is -2.43. The van der Waals surface area contributed by atoms with Crippen molar-refractivity contribution < 1.29 is 4.79 Å². The van der Waals surface area contributed by atoms with Gasteiger partial charge in [0.15, 0.2) is 0 Å². The van der Waals surface area contributed by atoms with Gasteiger partial charge < -0.3 is 11.1 Å². The van der Waals surface area contributed by atoms with Crippen molar-refractivity contribution >= 4 is 5.91 Å². The average molecular weight is 286 g/mol. The summed E-state index contributed by atoms with van der Waals surface area (Å²) < 4.78 is 1.87. The molecule has 1 aromatic carbocycles. The Morgan fingerprint density at radius 1 is 1.33 bits per heavy atom. The van der Waals surface area contributed by atoms with Crippen LogP contribution in [0.15, 0.2) is 42.7 Å². The lowest BCUT2D eigenvalue weighted by atomic mass is 10.0. The molecule has 0 aliphatic rings. The van der Waals surface area contributed by atoms with Crippen LogP contribution in [-0.4, -0.2) is 21.7 Å². The minimum Gasteiger partial charge on any atom is -0.351 e. The van der Waals surface area contributed by atoms with Gasteiger partial charge in [0.1, 0.15) is 0 Å². The predicted octanol–water partition coefficient (Wildman–Crippen LogP) is 1.53. The molecular weight excluding hydrogens is 264 g/mol. The number of benzene rings is 1. The summed E-state index contributed by atoms with van der Waals surface area (Å²) in [5, 5.41) is 7.07. The highest BCUT2D eigenvalue weighted by Gasteiger charge is 2.16. The highest BCUT2D eigenvalue weighted by atomic mass is 16.2. The number of hydrogen-bond donors (Lipinski definition) is 2. The van der Waals surface area contributed by atoms with Gasteiger partial charge in [0, 0.05) is 18.9 Å². The summed E-state index contributed by atoms with van der Waals surface area (Å²) in [4.78, 5) is 11.8. The molecule has 5 nitrogen and oxygen atoms in total. The van der Waals surface area contributed by atoms with Crippen molar-refractivity contribution in [3.63, 3.8) is 0 Å². The van der Waals surface area contributed by atoms with Gasteiger partial charge in [-0.05, 0) is 23.1 Å². The fourth-order valence-electron chi connectivity index (χ4n) is 2.03. The molecule has 0 fully saturated rings. The first-order valence-corrected chi connectivity index (χ1v) is 7.15. The molecule has 3 N–H and O–H groups in total. The van der Waals surface area contributed by atoms with E-state index in [1.165, 1.54) is 0 Å². The molecule has 112 valence electrons. The number of amides is 1. The maximum Gasteiger partial charge on any atom is 0.237 e. The maximum atomic E-state index is 11.8. The van der Waals surface area contributed by atoms with E-state index in [0.29, 0.717) is 6.54 Å². The molecule has 2 aromatic rings. The van der Waals surface area contributed by atoms with Crippen molar-refractivity contribution in [3.05, 3.63) is 53.9 Å². The maximum absolute atomic E-state index is 11.8. The van der Waals surface area contributed by atoms with Crippen molar-refractivity contribution in [2.24, 2.45) is 11.7 Å². The van der Waals surface area contributed by atoms with Gasteiger partial charge in [-0.3, -0.25) is 9.48 Å². The van der Waals surface area contributed by atoms with Gasteiger partial charge in [-0.2, -0.15) is 5.10 Å². The Bertz CT molecular complexity index is 578. The summed E-state index contributed by atoms with van der Waals surface area (Å²) in [6.07, 6.45) is 3.69. The van der Waals surface area contributed by atoms with Gasteiger partial charge >= 0.3 is 0 Å². The Morgan fingerprint density at radius 3 is 2.76 bits per heavy atom. The smallest absolute Gasteiger partial charge is 0.237 e. The highest BCUT2D eigenvalue weighted by Crippen LogP contribution is 2.07. The van der Waals surface area contributed by atoms with Gasteiger partial charge in [0.2, 0.25) is 5.91 Å². The van der Waals surface area contributed by atoms with Gasteiger partial charge in [0.25, 0.3) is 0 Å². The number of carbonyl (C=O) groups is 1. The van der Waals surface area contributed by atoms with Crippen LogP contribution in [0.3, 0.4) is 0 Å². The number of nitrogens with zero attached hydrogens (tertiary/aromatic N) is 2. The number of nitrogens with two attached hydrogens (primary N) is 1. The lowest BCUT2D eigenvalue weighted by Gasteiger charge is -2.15. The number of rotatable bonds is 6. The minimum atomic E-state index is -0.461. The zero-order chi connectivity index (χ0) is 15.2. The summed E-state index contributed by atoms with van der Waals surface area (Å²) in [7, 11) is 0. The van der Waals surface area contributed by atoms with Crippen molar-refractivity contribution in [2.75, 3.05) is 0 Å². The van der Waals surface area contributed by atoms with E-state index >= 15 is 0 Å². The van der Waals surface area contributed by atoms with Crippen molar-refractivity contribution in [1.82, 2.24) is 15.1 Å². The molecule has 0 unspecified atom stereocenters. The van der Waals surface area contributed by atoms with Crippen molar-refractivity contribution in [3.8, 4) is 0 Å². The van der Waals surface area contributed by atoms with E-state index in [-0.39, 0.29) is 11.8 Å². The molecule has 0 spiro atoms. The van der Waals surface area contributed by atoms with E-state index in [9.17, 15) is 4.79 Å². The molecule has 1 aromatic heterocycles. The summed E-state index contributed by atoms with van der Waals surface area (Å²) in [6.45, 7) is 5.09. The van der Waals surface area contributed by atoms with E-state index in [2.05, 4.69) is 16.5 Å². The fraction of sp³-hybridized carbons (Fsp3) is 0.375. The second-order valence-electron chi connectivity index (χ2n) is 5.51. The number of aromatic nitrogens is 2. The number of hydrogen-bond acceptors (Lipinski definition) is 3. The molecule has 0 aliphatic carbocycles. The van der Waals surface area contributed by atoms with E-state index in [1.54, 1.807) is 6.20 Å². The molecule has 0 aliphatic heterocycles. The van der Waals surface area contributed by atoms with Crippen molar-refractivity contribution in [2.45, 2.75) is 33.0 Å². The van der Waals surface area contributed by atoms with Gasteiger partial charge in [0.05, 0.1) is 12.6 Å². The van der Waals surface area contributed by atoms with E-state index in [1.807, 2.05) is 49.0 Å². The van der Waals surface area contributed by atoms with E-state index in [4.69, 9.17) is 5.73 Å². The molecule has 0 saturated carbocycles. The molecule has 1 atom stereocenters. The third-order valence-corrected chi connectivity index (χ3v) is 3.38. The van der Waals surface area contributed by atoms with Crippen molar-refractivity contribution in [1.29, 1.82) is 0 Å². The SMILES string of the molecule is CC(C)[C@H](N)C(=O)NCc1cccc(Cn2cccn2)c1. The largest absolute Gasteiger partial charge is 0.351 e. The summed E-state index contributed by atoms with van der Waals surface area (Å²) in [6, 6.07) is 9.54. The Labute approximate surface area is 125 Å². The van der Waals surface area contributed by atoms with Gasteiger partial charge in [-0.15, -0.1) is 0 Å². The Kier molecular flexibility index (Phi) is 5.11. The summed E-state index contributed by atoms with van der Waals surface area (Å²) in [5.41, 5.74) is 8.03.